The molecule has 1 saturated carbocycles. The molecule has 2 rings (SSSR count). The first-order valence-corrected chi connectivity index (χ1v) is 8.16. The number of nitrogens with one attached hydrogen (secondary N) is 1. The van der Waals surface area contributed by atoms with Crippen LogP contribution in [0.5, 0.6) is 0 Å². The van der Waals surface area contributed by atoms with Crippen LogP contribution >= 0.6 is 0 Å². The van der Waals surface area contributed by atoms with E-state index in [2.05, 4.69) is 37.1 Å². The zero-order valence-electron chi connectivity index (χ0n) is 13.3. The van der Waals surface area contributed by atoms with Crippen LogP contribution in [0.4, 0.5) is 0 Å². The maximum Gasteiger partial charge on any atom is 0.118 e. The summed E-state index contributed by atoms with van der Waals surface area (Å²) in [7, 11) is 0. The second-order valence-electron chi connectivity index (χ2n) is 6.57. The van der Waals surface area contributed by atoms with Crippen molar-refractivity contribution in [1.29, 1.82) is 0 Å². The van der Waals surface area contributed by atoms with E-state index >= 15 is 0 Å². The third kappa shape index (κ3) is 4.95. The Morgan fingerprint density at radius 3 is 2.80 bits per heavy atom. The minimum Gasteiger partial charge on any atom is -0.468 e. The fourth-order valence-electron chi connectivity index (χ4n) is 2.67. The highest BCUT2D eigenvalue weighted by Gasteiger charge is 2.20. The first kappa shape index (κ1) is 15.6. The van der Waals surface area contributed by atoms with E-state index in [-0.39, 0.29) is 0 Å². The molecule has 1 N–H and O–H groups in total. The first-order valence-electron chi connectivity index (χ1n) is 8.16. The molecule has 0 bridgehead atoms. The number of rotatable bonds is 9. The van der Waals surface area contributed by atoms with Gasteiger partial charge in [0, 0.05) is 18.7 Å². The van der Waals surface area contributed by atoms with Crippen LogP contribution in [0.15, 0.2) is 16.7 Å². The lowest BCUT2D eigenvalue weighted by Crippen LogP contribution is -2.31. The molecule has 1 aromatic heterocycles. The molecule has 0 saturated heterocycles. The summed E-state index contributed by atoms with van der Waals surface area (Å²) in [6, 6.07) is 2.21. The zero-order chi connectivity index (χ0) is 14.4. The van der Waals surface area contributed by atoms with Crippen molar-refractivity contribution in [3.8, 4) is 0 Å². The fraction of sp³-hybridized carbons (Fsp3) is 0.765. The van der Waals surface area contributed by atoms with Crippen molar-refractivity contribution in [3.63, 3.8) is 0 Å². The van der Waals surface area contributed by atoms with Crippen LogP contribution in [-0.2, 0) is 13.1 Å². The van der Waals surface area contributed by atoms with Gasteiger partial charge in [-0.1, -0.05) is 27.2 Å². The number of hydrogen-bond acceptors (Lipinski definition) is 3. The van der Waals surface area contributed by atoms with Gasteiger partial charge in [0.15, 0.2) is 0 Å². The summed E-state index contributed by atoms with van der Waals surface area (Å²) in [5.41, 5.74) is 1.26. The zero-order valence-corrected chi connectivity index (χ0v) is 13.3. The molecule has 1 aromatic rings. The summed E-state index contributed by atoms with van der Waals surface area (Å²) >= 11 is 0. The van der Waals surface area contributed by atoms with Crippen LogP contribution in [0.2, 0.25) is 0 Å². The van der Waals surface area contributed by atoms with E-state index in [4.69, 9.17) is 4.42 Å². The molecule has 114 valence electrons. The Labute approximate surface area is 123 Å². The van der Waals surface area contributed by atoms with E-state index in [9.17, 15) is 0 Å². The van der Waals surface area contributed by atoms with Crippen LogP contribution in [0.25, 0.3) is 0 Å². The number of nitrogens with zero attached hydrogens (tertiary/aromatic N) is 1. The third-order valence-electron chi connectivity index (χ3n) is 4.16. The van der Waals surface area contributed by atoms with E-state index in [1.807, 2.05) is 6.26 Å². The van der Waals surface area contributed by atoms with Gasteiger partial charge in [0.2, 0.25) is 0 Å². The predicted octanol–water partition coefficient (Wildman–Crippen LogP) is 3.65. The van der Waals surface area contributed by atoms with Gasteiger partial charge >= 0.3 is 0 Å². The number of furan rings is 1. The van der Waals surface area contributed by atoms with E-state index in [0.717, 1.165) is 37.9 Å². The van der Waals surface area contributed by atoms with Gasteiger partial charge in [0.05, 0.1) is 12.8 Å². The molecule has 0 aromatic carbocycles. The van der Waals surface area contributed by atoms with Crippen LogP contribution in [0, 0.1) is 11.8 Å². The van der Waals surface area contributed by atoms with Gasteiger partial charge in [-0.3, -0.25) is 4.90 Å². The van der Waals surface area contributed by atoms with E-state index in [1.54, 1.807) is 0 Å². The molecule has 0 aliphatic heterocycles. The molecule has 0 amide bonds. The van der Waals surface area contributed by atoms with Crippen LogP contribution < -0.4 is 5.32 Å². The van der Waals surface area contributed by atoms with E-state index in [1.165, 1.54) is 31.4 Å². The summed E-state index contributed by atoms with van der Waals surface area (Å²) in [6.07, 6.45) is 6.16. The highest BCUT2D eigenvalue weighted by molar-refractivity contribution is 5.12. The topological polar surface area (TPSA) is 28.4 Å². The van der Waals surface area contributed by atoms with Crippen molar-refractivity contribution in [2.24, 2.45) is 11.8 Å². The minimum atomic E-state index is 0.694. The average molecular weight is 278 g/mol. The van der Waals surface area contributed by atoms with Crippen LogP contribution in [-0.4, -0.2) is 24.5 Å². The van der Waals surface area contributed by atoms with Crippen molar-refractivity contribution < 1.29 is 4.42 Å². The second kappa shape index (κ2) is 7.84. The van der Waals surface area contributed by atoms with Crippen molar-refractivity contribution in [3.05, 3.63) is 23.7 Å². The molecule has 20 heavy (non-hydrogen) atoms. The Bertz CT molecular complexity index is 382. The predicted molar refractivity (Wildman–Crippen MR) is 83.5 cm³/mol. The molecule has 1 heterocycles. The quantitative estimate of drug-likeness (QED) is 0.747. The smallest absolute Gasteiger partial charge is 0.118 e. The largest absolute Gasteiger partial charge is 0.468 e. The monoisotopic (exact) mass is 278 g/mol. The van der Waals surface area contributed by atoms with Gasteiger partial charge in [-0.05, 0) is 43.8 Å². The Kier molecular flexibility index (Phi) is 6.11. The Morgan fingerprint density at radius 2 is 2.20 bits per heavy atom. The molecule has 3 nitrogen and oxygen atoms in total. The van der Waals surface area contributed by atoms with Crippen molar-refractivity contribution in [2.45, 2.75) is 53.1 Å². The molecule has 0 spiro atoms. The van der Waals surface area contributed by atoms with Gasteiger partial charge in [0.1, 0.15) is 5.76 Å². The van der Waals surface area contributed by atoms with Crippen LogP contribution in [0.1, 0.15) is 51.4 Å². The third-order valence-corrected chi connectivity index (χ3v) is 4.16. The molecule has 0 atom stereocenters. The van der Waals surface area contributed by atoms with E-state index < -0.39 is 0 Å². The second-order valence-corrected chi connectivity index (χ2v) is 6.57. The lowest BCUT2D eigenvalue weighted by atomic mass is 9.85. The lowest BCUT2D eigenvalue weighted by Gasteiger charge is -2.31. The summed E-state index contributed by atoms with van der Waals surface area (Å²) in [4.78, 5) is 2.51. The molecule has 3 heteroatoms. The van der Waals surface area contributed by atoms with Gasteiger partial charge < -0.3 is 9.73 Å². The maximum absolute atomic E-state index is 5.71. The molecule has 1 fully saturated rings. The maximum atomic E-state index is 5.71. The fourth-order valence-corrected chi connectivity index (χ4v) is 2.67. The molecule has 1 aliphatic rings. The SMILES string of the molecule is CCN(Cc1cc(CNCC(C)C)co1)CC1CCC1. The summed E-state index contributed by atoms with van der Waals surface area (Å²) in [5.74, 6) is 2.73. The van der Waals surface area contributed by atoms with Crippen LogP contribution in [0.3, 0.4) is 0 Å². The van der Waals surface area contributed by atoms with Crippen molar-refractivity contribution in [2.75, 3.05) is 19.6 Å². The summed E-state index contributed by atoms with van der Waals surface area (Å²) < 4.78 is 5.71. The van der Waals surface area contributed by atoms with Gasteiger partial charge in [-0.2, -0.15) is 0 Å². The standard InChI is InChI=1S/C17H30N2O/c1-4-19(11-15-6-5-7-15)12-17-8-16(13-20-17)10-18-9-14(2)3/h8,13-15,18H,4-7,9-12H2,1-3H3. The van der Waals surface area contributed by atoms with Gasteiger partial charge in [-0.25, -0.2) is 0 Å². The molecule has 0 radical (unpaired) electrons. The highest BCUT2D eigenvalue weighted by atomic mass is 16.3. The van der Waals surface area contributed by atoms with Crippen molar-refractivity contribution in [1.82, 2.24) is 10.2 Å². The molecule has 1 aliphatic carbocycles. The molecular formula is C17H30N2O. The van der Waals surface area contributed by atoms with Crippen molar-refractivity contribution >= 4 is 0 Å². The van der Waals surface area contributed by atoms with Gasteiger partial charge in [-0.15, -0.1) is 0 Å². The summed E-state index contributed by atoms with van der Waals surface area (Å²) in [6.45, 7) is 12.0. The van der Waals surface area contributed by atoms with E-state index in [0.29, 0.717) is 5.92 Å². The Balaban J connectivity index is 1.75. The Hall–Kier alpha value is -0.800. The average Bonchev–Trinajstić information content (AvgIpc) is 2.79. The Morgan fingerprint density at radius 1 is 1.40 bits per heavy atom. The molecule has 0 unspecified atom stereocenters. The number of hydrogen-bond donors (Lipinski definition) is 1. The molecular weight excluding hydrogens is 248 g/mol. The first-order chi connectivity index (χ1) is 9.67. The normalized spacial score (nSPS) is 16.1. The minimum absolute atomic E-state index is 0.694. The lowest BCUT2D eigenvalue weighted by molar-refractivity contribution is 0.169. The summed E-state index contributed by atoms with van der Waals surface area (Å²) in [5, 5.41) is 3.46. The highest BCUT2D eigenvalue weighted by Crippen LogP contribution is 2.27. The van der Waals surface area contributed by atoms with Gasteiger partial charge in [0.25, 0.3) is 0 Å².